The molecule has 1 fully saturated rings. The molecule has 2 N–H and O–H groups in total. The Morgan fingerprint density at radius 1 is 1.30 bits per heavy atom. The van der Waals surface area contributed by atoms with Crippen LogP contribution in [0.25, 0.3) is 0 Å². The van der Waals surface area contributed by atoms with Crippen LogP contribution >= 0.6 is 23.2 Å². The molecule has 0 aromatic heterocycles. The van der Waals surface area contributed by atoms with Crippen LogP contribution in [0, 0.1) is 0 Å². The standard InChI is InChI=1S/C13H15Cl2N3O2/c14-9-5-11-12(6-10(9)15)18-4-3-17(13(19)20)7-8(18)1-2-16-11/h5-6,8,16H,1-4,7H2,(H,19,20). The smallest absolute Gasteiger partial charge is 0.407 e. The molecular weight excluding hydrogens is 301 g/mol. The molecule has 7 heteroatoms. The molecule has 1 amide bonds. The van der Waals surface area contributed by atoms with Crippen molar-refractivity contribution < 1.29 is 9.90 Å². The van der Waals surface area contributed by atoms with E-state index in [0.29, 0.717) is 29.7 Å². The lowest BCUT2D eigenvalue weighted by Crippen LogP contribution is -2.54. The summed E-state index contributed by atoms with van der Waals surface area (Å²) in [4.78, 5) is 14.8. The fourth-order valence-corrected chi connectivity index (χ4v) is 3.20. The van der Waals surface area contributed by atoms with Crippen LogP contribution in [0.3, 0.4) is 0 Å². The number of hydrogen-bond donors (Lipinski definition) is 2. The monoisotopic (exact) mass is 315 g/mol. The van der Waals surface area contributed by atoms with Crippen molar-refractivity contribution in [1.29, 1.82) is 0 Å². The third-order valence-electron chi connectivity index (χ3n) is 3.89. The molecule has 1 aromatic carbocycles. The molecule has 1 saturated heterocycles. The predicted octanol–water partition coefficient (Wildman–Crippen LogP) is 2.98. The number of nitrogens with one attached hydrogen (secondary N) is 1. The number of benzene rings is 1. The van der Waals surface area contributed by atoms with E-state index in [1.165, 1.54) is 4.90 Å². The average Bonchev–Trinajstić information content (AvgIpc) is 2.58. The Labute approximate surface area is 127 Å². The normalized spacial score (nSPS) is 21.6. The number of carboxylic acid groups (broad SMARTS) is 1. The average molecular weight is 316 g/mol. The minimum atomic E-state index is -0.851. The molecule has 2 heterocycles. The Hall–Kier alpha value is -1.33. The summed E-state index contributed by atoms with van der Waals surface area (Å²) in [7, 11) is 0. The Morgan fingerprint density at radius 2 is 2.05 bits per heavy atom. The van der Waals surface area contributed by atoms with Gasteiger partial charge in [-0.05, 0) is 18.6 Å². The van der Waals surface area contributed by atoms with Gasteiger partial charge < -0.3 is 20.2 Å². The van der Waals surface area contributed by atoms with E-state index in [2.05, 4.69) is 10.2 Å². The number of halogens is 2. The Kier molecular flexibility index (Phi) is 3.56. The molecule has 0 bridgehead atoms. The molecule has 3 rings (SSSR count). The summed E-state index contributed by atoms with van der Waals surface area (Å²) in [5, 5.41) is 13.5. The summed E-state index contributed by atoms with van der Waals surface area (Å²) in [5.41, 5.74) is 1.97. The minimum Gasteiger partial charge on any atom is -0.465 e. The van der Waals surface area contributed by atoms with Crippen LogP contribution in [0.4, 0.5) is 16.2 Å². The second-order valence-corrected chi connectivity index (χ2v) is 5.89. The van der Waals surface area contributed by atoms with Crippen molar-refractivity contribution in [1.82, 2.24) is 4.90 Å². The highest BCUT2D eigenvalue weighted by Gasteiger charge is 2.32. The number of nitrogens with zero attached hydrogens (tertiary/aromatic N) is 2. The minimum absolute atomic E-state index is 0.172. The SMILES string of the molecule is O=C(O)N1CCN2c3cc(Cl)c(Cl)cc3NCCC2C1. The van der Waals surface area contributed by atoms with Crippen LogP contribution in [0.5, 0.6) is 0 Å². The van der Waals surface area contributed by atoms with Gasteiger partial charge in [-0.1, -0.05) is 23.2 Å². The van der Waals surface area contributed by atoms with E-state index in [0.717, 1.165) is 24.3 Å². The van der Waals surface area contributed by atoms with E-state index in [-0.39, 0.29) is 6.04 Å². The largest absolute Gasteiger partial charge is 0.465 e. The fraction of sp³-hybridized carbons (Fsp3) is 0.462. The fourth-order valence-electron chi connectivity index (χ4n) is 2.88. The number of piperazine rings is 1. The van der Waals surface area contributed by atoms with Crippen molar-refractivity contribution in [3.63, 3.8) is 0 Å². The summed E-state index contributed by atoms with van der Waals surface area (Å²) in [6.07, 6.45) is 0.0319. The summed E-state index contributed by atoms with van der Waals surface area (Å²) < 4.78 is 0. The van der Waals surface area contributed by atoms with Gasteiger partial charge in [0.2, 0.25) is 0 Å². The lowest BCUT2D eigenvalue weighted by atomic mass is 10.1. The maximum absolute atomic E-state index is 11.1. The first-order chi connectivity index (χ1) is 9.56. The van der Waals surface area contributed by atoms with Gasteiger partial charge in [0, 0.05) is 32.2 Å². The Morgan fingerprint density at radius 3 is 2.80 bits per heavy atom. The molecule has 20 heavy (non-hydrogen) atoms. The van der Waals surface area contributed by atoms with Crippen molar-refractivity contribution in [2.24, 2.45) is 0 Å². The summed E-state index contributed by atoms with van der Waals surface area (Å²) in [6.45, 7) is 2.49. The van der Waals surface area contributed by atoms with Gasteiger partial charge in [0.15, 0.2) is 0 Å². The third-order valence-corrected chi connectivity index (χ3v) is 4.62. The van der Waals surface area contributed by atoms with Gasteiger partial charge >= 0.3 is 6.09 Å². The molecule has 5 nitrogen and oxygen atoms in total. The molecule has 108 valence electrons. The first kappa shape index (κ1) is 13.6. The van der Waals surface area contributed by atoms with Gasteiger partial charge in [-0.2, -0.15) is 0 Å². The molecule has 1 atom stereocenters. The van der Waals surface area contributed by atoms with Crippen LogP contribution in [-0.2, 0) is 0 Å². The molecule has 1 unspecified atom stereocenters. The topological polar surface area (TPSA) is 55.8 Å². The highest BCUT2D eigenvalue weighted by atomic mass is 35.5. The second-order valence-electron chi connectivity index (χ2n) is 5.07. The number of amides is 1. The number of fused-ring (bicyclic) bond motifs is 3. The van der Waals surface area contributed by atoms with Gasteiger partial charge in [0.1, 0.15) is 0 Å². The van der Waals surface area contributed by atoms with Crippen molar-refractivity contribution in [2.75, 3.05) is 36.4 Å². The molecule has 1 aromatic rings. The van der Waals surface area contributed by atoms with Gasteiger partial charge in [0.25, 0.3) is 0 Å². The number of carbonyl (C=O) groups is 1. The van der Waals surface area contributed by atoms with Gasteiger partial charge in [0.05, 0.1) is 21.4 Å². The van der Waals surface area contributed by atoms with E-state index in [4.69, 9.17) is 28.3 Å². The highest BCUT2D eigenvalue weighted by Crippen LogP contribution is 2.38. The second kappa shape index (κ2) is 5.22. The number of anilines is 2. The van der Waals surface area contributed by atoms with E-state index < -0.39 is 6.09 Å². The summed E-state index contributed by atoms with van der Waals surface area (Å²) in [5.74, 6) is 0. The van der Waals surface area contributed by atoms with E-state index in [1.807, 2.05) is 12.1 Å². The molecule has 0 aliphatic carbocycles. The Bertz CT molecular complexity index is 553. The number of rotatable bonds is 0. The van der Waals surface area contributed by atoms with Gasteiger partial charge in [-0.25, -0.2) is 4.79 Å². The quantitative estimate of drug-likeness (QED) is 0.773. The van der Waals surface area contributed by atoms with E-state index in [1.54, 1.807) is 0 Å². The van der Waals surface area contributed by atoms with Crippen molar-refractivity contribution in [2.45, 2.75) is 12.5 Å². The molecule has 2 aliphatic rings. The molecule has 0 saturated carbocycles. The third kappa shape index (κ3) is 2.36. The maximum Gasteiger partial charge on any atom is 0.407 e. The summed E-state index contributed by atoms with van der Waals surface area (Å²) >= 11 is 12.2. The lowest BCUT2D eigenvalue weighted by molar-refractivity contribution is 0.134. The van der Waals surface area contributed by atoms with Crippen LogP contribution in [0.15, 0.2) is 12.1 Å². The van der Waals surface area contributed by atoms with Crippen LogP contribution in [0.1, 0.15) is 6.42 Å². The zero-order valence-electron chi connectivity index (χ0n) is 10.8. The zero-order chi connectivity index (χ0) is 14.3. The maximum atomic E-state index is 11.1. The van der Waals surface area contributed by atoms with Crippen LogP contribution in [0.2, 0.25) is 10.0 Å². The van der Waals surface area contributed by atoms with Crippen molar-refractivity contribution in [3.05, 3.63) is 22.2 Å². The first-order valence-corrected chi connectivity index (χ1v) is 7.29. The molecule has 0 radical (unpaired) electrons. The first-order valence-electron chi connectivity index (χ1n) is 6.53. The van der Waals surface area contributed by atoms with Gasteiger partial charge in [-0.3, -0.25) is 0 Å². The van der Waals surface area contributed by atoms with Crippen molar-refractivity contribution >= 4 is 40.7 Å². The van der Waals surface area contributed by atoms with Crippen LogP contribution in [-0.4, -0.2) is 48.3 Å². The highest BCUT2D eigenvalue weighted by molar-refractivity contribution is 6.42. The lowest BCUT2D eigenvalue weighted by Gasteiger charge is -2.41. The van der Waals surface area contributed by atoms with Crippen LogP contribution < -0.4 is 10.2 Å². The van der Waals surface area contributed by atoms with E-state index >= 15 is 0 Å². The van der Waals surface area contributed by atoms with Gasteiger partial charge in [-0.15, -0.1) is 0 Å². The zero-order valence-corrected chi connectivity index (χ0v) is 12.3. The summed E-state index contributed by atoms with van der Waals surface area (Å²) in [6, 6.07) is 3.87. The molecule has 0 spiro atoms. The Balaban J connectivity index is 1.94. The predicted molar refractivity (Wildman–Crippen MR) is 80.3 cm³/mol. The molecule has 2 aliphatic heterocycles. The van der Waals surface area contributed by atoms with E-state index in [9.17, 15) is 4.79 Å². The molecular formula is C13H15Cl2N3O2. The number of hydrogen-bond acceptors (Lipinski definition) is 3. The van der Waals surface area contributed by atoms with Crippen molar-refractivity contribution in [3.8, 4) is 0 Å².